The molecule has 0 aliphatic heterocycles. The molecule has 0 amide bonds. The third kappa shape index (κ3) is 3.52. The van der Waals surface area contributed by atoms with Crippen molar-refractivity contribution in [3.63, 3.8) is 0 Å². The van der Waals surface area contributed by atoms with Crippen LogP contribution in [0.3, 0.4) is 0 Å². The maximum absolute atomic E-state index is 13.9. The summed E-state index contributed by atoms with van der Waals surface area (Å²) in [6, 6.07) is 12.0. The number of halogens is 4. The average molecular weight is 397 g/mol. The molecule has 0 saturated carbocycles. The Bertz CT molecular complexity index is 1010. The summed E-state index contributed by atoms with van der Waals surface area (Å²) in [7, 11) is 1.02. The minimum absolute atomic E-state index is 0.0270. The Kier molecular flexibility index (Phi) is 5.17. The number of benzene rings is 2. The third-order valence-electron chi connectivity index (χ3n) is 4.44. The molecule has 0 saturated heterocycles. The van der Waals surface area contributed by atoms with E-state index in [0.717, 1.165) is 7.11 Å². The normalized spacial score (nSPS) is 14.1. The number of ether oxygens (including phenoxy) is 1. The molecule has 2 aromatic carbocycles. The number of rotatable bonds is 5. The number of hydrogen-bond donors (Lipinski definition) is 2. The summed E-state index contributed by atoms with van der Waals surface area (Å²) < 4.78 is 46.8. The van der Waals surface area contributed by atoms with Crippen LogP contribution in [0.2, 0.25) is 5.02 Å². The van der Waals surface area contributed by atoms with Gasteiger partial charge < -0.3 is 15.0 Å². The highest BCUT2D eigenvalue weighted by molar-refractivity contribution is 6.34. The molecule has 0 aliphatic carbocycles. The van der Waals surface area contributed by atoms with Crippen LogP contribution in [-0.4, -0.2) is 24.8 Å². The van der Waals surface area contributed by atoms with Gasteiger partial charge in [0.05, 0.1) is 17.3 Å². The zero-order valence-corrected chi connectivity index (χ0v) is 15.0. The van der Waals surface area contributed by atoms with Crippen molar-refractivity contribution >= 4 is 28.1 Å². The molecule has 0 fully saturated rings. The smallest absolute Gasteiger partial charge is 0.380 e. The van der Waals surface area contributed by atoms with Gasteiger partial charge in [-0.3, -0.25) is 4.79 Å². The van der Waals surface area contributed by atoms with Gasteiger partial charge in [0, 0.05) is 18.7 Å². The molecule has 3 rings (SSSR count). The number of aromatic nitrogens is 1. The summed E-state index contributed by atoms with van der Waals surface area (Å²) in [5, 5.41) is 3.78. The highest BCUT2D eigenvalue weighted by atomic mass is 35.5. The predicted molar refractivity (Wildman–Crippen MR) is 99.3 cm³/mol. The van der Waals surface area contributed by atoms with E-state index < -0.39 is 18.3 Å². The van der Waals surface area contributed by atoms with Crippen molar-refractivity contribution in [2.75, 3.05) is 19.0 Å². The van der Waals surface area contributed by atoms with Crippen molar-refractivity contribution in [2.24, 2.45) is 0 Å². The number of pyridine rings is 1. The monoisotopic (exact) mass is 396 g/mol. The van der Waals surface area contributed by atoms with Crippen molar-refractivity contribution in [1.82, 2.24) is 4.98 Å². The Morgan fingerprint density at radius 2 is 1.85 bits per heavy atom. The van der Waals surface area contributed by atoms with Crippen LogP contribution in [0.15, 0.2) is 59.5 Å². The number of aromatic amines is 1. The number of methoxy groups -OCH3 is 1. The van der Waals surface area contributed by atoms with E-state index in [2.05, 4.69) is 10.3 Å². The zero-order chi connectivity index (χ0) is 19.7. The molecule has 1 atom stereocenters. The average Bonchev–Trinajstić information content (AvgIpc) is 2.63. The van der Waals surface area contributed by atoms with Crippen molar-refractivity contribution < 1.29 is 17.9 Å². The molecule has 1 heterocycles. The minimum Gasteiger partial charge on any atom is -0.380 e. The van der Waals surface area contributed by atoms with Gasteiger partial charge in [0.15, 0.2) is 0 Å². The quantitative estimate of drug-likeness (QED) is 0.657. The number of hydrogen-bond acceptors (Lipinski definition) is 3. The second-order valence-corrected chi connectivity index (χ2v) is 6.38. The van der Waals surface area contributed by atoms with Crippen LogP contribution in [-0.2, 0) is 10.3 Å². The van der Waals surface area contributed by atoms with E-state index >= 15 is 0 Å². The number of alkyl halides is 3. The summed E-state index contributed by atoms with van der Waals surface area (Å²) in [5.41, 5.74) is -2.63. The zero-order valence-electron chi connectivity index (χ0n) is 14.2. The molecule has 0 aliphatic rings. The van der Waals surface area contributed by atoms with Crippen molar-refractivity contribution in [3.8, 4) is 0 Å². The van der Waals surface area contributed by atoms with E-state index in [1.807, 2.05) is 0 Å². The van der Waals surface area contributed by atoms with Crippen LogP contribution in [0.5, 0.6) is 0 Å². The molecule has 4 nitrogen and oxygen atoms in total. The van der Waals surface area contributed by atoms with Crippen LogP contribution in [0.1, 0.15) is 5.56 Å². The number of H-pyrrole nitrogens is 1. The first-order chi connectivity index (χ1) is 12.8. The van der Waals surface area contributed by atoms with Gasteiger partial charge in [-0.2, -0.15) is 13.2 Å². The van der Waals surface area contributed by atoms with Gasteiger partial charge in [-0.05, 0) is 29.1 Å². The van der Waals surface area contributed by atoms with E-state index in [-0.39, 0.29) is 21.8 Å². The van der Waals surface area contributed by atoms with Gasteiger partial charge in [0.1, 0.15) is 0 Å². The number of anilines is 1. The lowest BCUT2D eigenvalue weighted by atomic mass is 9.92. The molecule has 0 bridgehead atoms. The third-order valence-corrected chi connectivity index (χ3v) is 4.75. The minimum atomic E-state index is -4.67. The van der Waals surface area contributed by atoms with E-state index in [4.69, 9.17) is 16.3 Å². The van der Waals surface area contributed by atoms with E-state index in [0.29, 0.717) is 10.8 Å². The van der Waals surface area contributed by atoms with E-state index in [1.54, 1.807) is 12.1 Å². The van der Waals surface area contributed by atoms with Crippen molar-refractivity contribution in [3.05, 3.63) is 75.7 Å². The molecule has 0 radical (unpaired) electrons. The van der Waals surface area contributed by atoms with Crippen LogP contribution in [0, 0.1) is 0 Å². The molecular weight excluding hydrogens is 381 g/mol. The van der Waals surface area contributed by atoms with Crippen LogP contribution >= 0.6 is 11.6 Å². The first-order valence-corrected chi connectivity index (χ1v) is 8.38. The van der Waals surface area contributed by atoms with Crippen LogP contribution in [0.4, 0.5) is 18.9 Å². The molecule has 1 aromatic heterocycles. The summed E-state index contributed by atoms with van der Waals surface area (Å²) in [6.07, 6.45) is -3.21. The molecule has 3 aromatic rings. The van der Waals surface area contributed by atoms with Crippen LogP contribution < -0.4 is 10.9 Å². The molecule has 27 heavy (non-hydrogen) atoms. The molecule has 8 heteroatoms. The highest BCUT2D eigenvalue weighted by Gasteiger charge is 2.56. The van der Waals surface area contributed by atoms with Gasteiger partial charge in [0.25, 0.3) is 5.56 Å². The Morgan fingerprint density at radius 1 is 1.15 bits per heavy atom. The van der Waals surface area contributed by atoms with Gasteiger partial charge in [-0.25, -0.2) is 0 Å². The van der Waals surface area contributed by atoms with Crippen molar-refractivity contribution in [2.45, 2.75) is 11.8 Å². The fourth-order valence-electron chi connectivity index (χ4n) is 2.94. The summed E-state index contributed by atoms with van der Waals surface area (Å²) in [4.78, 5) is 14.3. The first-order valence-electron chi connectivity index (χ1n) is 8.01. The predicted octanol–water partition coefficient (Wildman–Crippen LogP) is 4.70. The van der Waals surface area contributed by atoms with Gasteiger partial charge in [-0.15, -0.1) is 0 Å². The standard InChI is InChI=1S/C19H16ClF3N2O2/c1-27-18(19(21,22)23,13-5-3-2-4-6-13)11-25-16-9-12-7-8-24-17(26)14(12)10-15(16)20/h2-10,25H,11H2,1H3,(H,24,26). The Balaban J connectivity index is 2.00. The fraction of sp³-hybridized carbons (Fsp3) is 0.211. The SMILES string of the molecule is COC(CNc1cc2cc[nH]c(=O)c2cc1Cl)(c1ccccc1)C(F)(F)F. The molecule has 142 valence electrons. The first kappa shape index (κ1) is 19.3. The fourth-order valence-corrected chi connectivity index (χ4v) is 3.17. The summed E-state index contributed by atoms with van der Waals surface area (Å²) in [5.74, 6) is 0. The maximum atomic E-state index is 13.9. The summed E-state index contributed by atoms with van der Waals surface area (Å²) in [6.45, 7) is -0.592. The topological polar surface area (TPSA) is 54.1 Å². The molecular formula is C19H16ClF3N2O2. The molecule has 0 spiro atoms. The van der Waals surface area contributed by atoms with E-state index in [1.165, 1.54) is 42.6 Å². The lowest BCUT2D eigenvalue weighted by Gasteiger charge is -2.35. The second-order valence-electron chi connectivity index (χ2n) is 5.97. The lowest BCUT2D eigenvalue weighted by molar-refractivity contribution is -0.270. The van der Waals surface area contributed by atoms with Gasteiger partial charge in [0.2, 0.25) is 5.60 Å². The lowest BCUT2D eigenvalue weighted by Crippen LogP contribution is -2.49. The largest absolute Gasteiger partial charge is 0.423 e. The van der Waals surface area contributed by atoms with Gasteiger partial charge >= 0.3 is 6.18 Å². The second kappa shape index (κ2) is 7.25. The van der Waals surface area contributed by atoms with Gasteiger partial charge in [-0.1, -0.05) is 41.9 Å². The Morgan fingerprint density at radius 3 is 2.48 bits per heavy atom. The summed E-state index contributed by atoms with van der Waals surface area (Å²) >= 11 is 6.17. The van der Waals surface area contributed by atoms with Crippen LogP contribution in [0.25, 0.3) is 10.8 Å². The maximum Gasteiger partial charge on any atom is 0.423 e. The molecule has 2 N–H and O–H groups in total. The number of nitrogens with one attached hydrogen (secondary N) is 2. The molecule has 1 unspecified atom stereocenters. The highest BCUT2D eigenvalue weighted by Crippen LogP contribution is 2.42. The number of fused-ring (bicyclic) bond motifs is 1. The Hall–Kier alpha value is -2.51. The van der Waals surface area contributed by atoms with E-state index in [9.17, 15) is 18.0 Å². The van der Waals surface area contributed by atoms with Crippen molar-refractivity contribution in [1.29, 1.82) is 0 Å². The Labute approximate surface area is 157 Å².